The van der Waals surface area contributed by atoms with Gasteiger partial charge in [-0.1, -0.05) is 37.6 Å². The molecule has 0 saturated carbocycles. The first-order valence-electron chi connectivity index (χ1n) is 9.79. The normalized spacial score (nSPS) is 12.4. The number of methoxy groups -OCH3 is 2. The van der Waals surface area contributed by atoms with Crippen molar-refractivity contribution in [1.82, 2.24) is 5.32 Å². The number of hydrogen-bond acceptors (Lipinski definition) is 5. The summed E-state index contributed by atoms with van der Waals surface area (Å²) in [4.78, 5) is 12.9. The second-order valence-electron chi connectivity index (χ2n) is 7.61. The minimum Gasteiger partial charge on any atom is -0.497 e. The van der Waals surface area contributed by atoms with E-state index in [0.29, 0.717) is 18.1 Å². The molecular formula is C22H29ClN2O5S. The molecule has 31 heavy (non-hydrogen) atoms. The van der Waals surface area contributed by atoms with E-state index in [9.17, 15) is 13.2 Å². The summed E-state index contributed by atoms with van der Waals surface area (Å²) in [5, 5.41) is 3.22. The highest BCUT2D eigenvalue weighted by Gasteiger charge is 2.24. The monoisotopic (exact) mass is 468 g/mol. The average molecular weight is 469 g/mol. The van der Waals surface area contributed by atoms with Crippen LogP contribution in [0.25, 0.3) is 0 Å². The van der Waals surface area contributed by atoms with Gasteiger partial charge < -0.3 is 14.8 Å². The molecule has 0 bridgehead atoms. The molecule has 0 heterocycles. The molecule has 0 saturated heterocycles. The lowest BCUT2D eigenvalue weighted by atomic mass is 9.97. The number of rotatable bonds is 10. The SMILES string of the molecule is COc1ccc(C(CC(C)C)NC(=O)CN(c2ccc(OC)c(Cl)c2)S(C)(=O)=O)cc1. The maximum atomic E-state index is 12.9. The second-order valence-corrected chi connectivity index (χ2v) is 9.93. The third kappa shape index (κ3) is 7.04. The number of amides is 1. The Hall–Kier alpha value is -2.45. The molecule has 2 aromatic carbocycles. The summed E-state index contributed by atoms with van der Waals surface area (Å²) >= 11 is 6.15. The highest BCUT2D eigenvalue weighted by molar-refractivity contribution is 7.92. The Kier molecular flexibility index (Phi) is 8.59. The van der Waals surface area contributed by atoms with Gasteiger partial charge in [-0.2, -0.15) is 0 Å². The molecule has 0 aliphatic carbocycles. The Bertz CT molecular complexity index is 993. The first-order valence-corrected chi connectivity index (χ1v) is 12.0. The quantitative estimate of drug-likeness (QED) is 0.569. The third-order valence-electron chi connectivity index (χ3n) is 4.67. The average Bonchev–Trinajstić information content (AvgIpc) is 2.70. The Morgan fingerprint density at radius 1 is 1.10 bits per heavy atom. The fourth-order valence-corrected chi connectivity index (χ4v) is 4.27. The van der Waals surface area contributed by atoms with Gasteiger partial charge in [0.1, 0.15) is 18.0 Å². The molecule has 2 aromatic rings. The number of sulfonamides is 1. The largest absolute Gasteiger partial charge is 0.497 e. The van der Waals surface area contributed by atoms with Crippen LogP contribution in [-0.2, 0) is 14.8 Å². The number of hydrogen-bond donors (Lipinski definition) is 1. The molecule has 0 fully saturated rings. The predicted molar refractivity (Wildman–Crippen MR) is 124 cm³/mol. The summed E-state index contributed by atoms with van der Waals surface area (Å²) in [6.45, 7) is 3.75. The van der Waals surface area contributed by atoms with Crippen molar-refractivity contribution in [3.05, 3.63) is 53.1 Å². The van der Waals surface area contributed by atoms with Gasteiger partial charge in [0.05, 0.1) is 37.2 Å². The zero-order valence-corrected chi connectivity index (χ0v) is 20.0. The van der Waals surface area contributed by atoms with Crippen LogP contribution in [0.5, 0.6) is 11.5 Å². The Morgan fingerprint density at radius 3 is 2.23 bits per heavy atom. The Morgan fingerprint density at radius 2 is 1.74 bits per heavy atom. The fraction of sp³-hybridized carbons (Fsp3) is 0.409. The summed E-state index contributed by atoms with van der Waals surface area (Å²) in [7, 11) is -0.666. The molecule has 0 aromatic heterocycles. The summed E-state index contributed by atoms with van der Waals surface area (Å²) in [5.41, 5.74) is 1.20. The molecule has 2 rings (SSSR count). The lowest BCUT2D eigenvalue weighted by Gasteiger charge is -2.25. The first-order chi connectivity index (χ1) is 14.5. The van der Waals surface area contributed by atoms with E-state index in [0.717, 1.165) is 21.9 Å². The van der Waals surface area contributed by atoms with E-state index < -0.39 is 15.9 Å². The van der Waals surface area contributed by atoms with Crippen molar-refractivity contribution in [2.75, 3.05) is 31.3 Å². The maximum absolute atomic E-state index is 12.9. The van der Waals surface area contributed by atoms with Crippen LogP contribution in [0.15, 0.2) is 42.5 Å². The molecule has 170 valence electrons. The van der Waals surface area contributed by atoms with E-state index in [1.54, 1.807) is 19.2 Å². The van der Waals surface area contributed by atoms with Gasteiger partial charge in [-0.25, -0.2) is 8.42 Å². The van der Waals surface area contributed by atoms with Crippen molar-refractivity contribution in [2.45, 2.75) is 26.3 Å². The molecule has 7 nitrogen and oxygen atoms in total. The van der Waals surface area contributed by atoms with Crippen LogP contribution in [0.1, 0.15) is 31.9 Å². The fourth-order valence-electron chi connectivity index (χ4n) is 3.17. The van der Waals surface area contributed by atoms with Crippen molar-refractivity contribution in [1.29, 1.82) is 0 Å². The van der Waals surface area contributed by atoms with Crippen LogP contribution >= 0.6 is 11.6 Å². The molecule has 1 amide bonds. The number of benzene rings is 2. The van der Waals surface area contributed by atoms with Crippen LogP contribution in [0.2, 0.25) is 5.02 Å². The number of anilines is 1. The van der Waals surface area contributed by atoms with Crippen molar-refractivity contribution in [3.8, 4) is 11.5 Å². The van der Waals surface area contributed by atoms with E-state index in [1.807, 2.05) is 24.3 Å². The van der Waals surface area contributed by atoms with Gasteiger partial charge in [-0.05, 0) is 48.2 Å². The number of ether oxygens (including phenoxy) is 2. The molecule has 1 atom stereocenters. The van der Waals surface area contributed by atoms with E-state index >= 15 is 0 Å². The molecule has 0 aliphatic heterocycles. The van der Waals surface area contributed by atoms with Gasteiger partial charge in [0, 0.05) is 0 Å². The molecule has 0 aliphatic rings. The van der Waals surface area contributed by atoms with Gasteiger partial charge in [0.2, 0.25) is 15.9 Å². The van der Waals surface area contributed by atoms with Gasteiger partial charge in [-0.3, -0.25) is 9.10 Å². The van der Waals surface area contributed by atoms with Gasteiger partial charge in [0.15, 0.2) is 0 Å². The topological polar surface area (TPSA) is 84.9 Å². The standard InChI is InChI=1S/C22H29ClN2O5S/c1-15(2)12-20(16-6-9-18(29-3)10-7-16)24-22(26)14-25(31(5,27)28)17-8-11-21(30-4)19(23)13-17/h6-11,13,15,20H,12,14H2,1-5H3,(H,24,26). The van der Waals surface area contributed by atoms with E-state index in [2.05, 4.69) is 19.2 Å². The molecular weight excluding hydrogens is 440 g/mol. The molecule has 0 radical (unpaired) electrons. The van der Waals surface area contributed by atoms with E-state index in [-0.39, 0.29) is 23.3 Å². The summed E-state index contributed by atoms with van der Waals surface area (Å²) in [6.07, 6.45) is 1.75. The molecule has 1 unspecified atom stereocenters. The zero-order chi connectivity index (χ0) is 23.2. The van der Waals surface area contributed by atoms with Crippen LogP contribution in [0.3, 0.4) is 0 Å². The summed E-state index contributed by atoms with van der Waals surface area (Å²) < 4.78 is 36.1. The number of nitrogens with one attached hydrogen (secondary N) is 1. The lowest BCUT2D eigenvalue weighted by molar-refractivity contribution is -0.120. The van der Waals surface area contributed by atoms with Crippen LogP contribution < -0.4 is 19.1 Å². The van der Waals surface area contributed by atoms with Crippen molar-refractivity contribution in [3.63, 3.8) is 0 Å². The van der Waals surface area contributed by atoms with E-state index in [1.165, 1.54) is 13.2 Å². The Labute approximate surface area is 189 Å². The van der Waals surface area contributed by atoms with Crippen molar-refractivity contribution < 1.29 is 22.7 Å². The minimum absolute atomic E-state index is 0.255. The first kappa shape index (κ1) is 24.8. The van der Waals surface area contributed by atoms with Crippen molar-refractivity contribution in [2.24, 2.45) is 5.92 Å². The van der Waals surface area contributed by atoms with Gasteiger partial charge >= 0.3 is 0 Å². The zero-order valence-electron chi connectivity index (χ0n) is 18.4. The smallest absolute Gasteiger partial charge is 0.241 e. The highest BCUT2D eigenvalue weighted by atomic mass is 35.5. The number of carbonyl (C=O) groups excluding carboxylic acids is 1. The Balaban J connectivity index is 2.25. The summed E-state index contributed by atoms with van der Waals surface area (Å²) in [5.74, 6) is 1.04. The molecule has 0 spiro atoms. The third-order valence-corrected chi connectivity index (χ3v) is 6.11. The molecule has 1 N–H and O–H groups in total. The van der Waals surface area contributed by atoms with Crippen LogP contribution in [-0.4, -0.2) is 41.3 Å². The second kappa shape index (κ2) is 10.7. The highest BCUT2D eigenvalue weighted by Crippen LogP contribution is 2.30. The van der Waals surface area contributed by atoms with E-state index in [4.69, 9.17) is 21.1 Å². The maximum Gasteiger partial charge on any atom is 0.241 e. The van der Waals surface area contributed by atoms with Crippen LogP contribution in [0, 0.1) is 5.92 Å². The van der Waals surface area contributed by atoms with Gasteiger partial charge in [-0.15, -0.1) is 0 Å². The van der Waals surface area contributed by atoms with Crippen LogP contribution in [0.4, 0.5) is 5.69 Å². The number of nitrogens with zero attached hydrogens (tertiary/aromatic N) is 1. The van der Waals surface area contributed by atoms with Crippen molar-refractivity contribution >= 4 is 33.2 Å². The number of halogens is 1. The minimum atomic E-state index is -3.73. The molecule has 9 heteroatoms. The van der Waals surface area contributed by atoms with Gasteiger partial charge in [0.25, 0.3) is 0 Å². The lowest BCUT2D eigenvalue weighted by Crippen LogP contribution is -2.41. The summed E-state index contributed by atoms with van der Waals surface area (Å²) in [6, 6.07) is 11.8. The predicted octanol–water partition coefficient (Wildman–Crippen LogP) is 4.03. The number of carbonyl (C=O) groups is 1.